The summed E-state index contributed by atoms with van der Waals surface area (Å²) in [6, 6.07) is 32.9. The molecule has 0 saturated heterocycles. The van der Waals surface area contributed by atoms with Crippen LogP contribution in [-0.4, -0.2) is 18.3 Å². The molecule has 4 nitrogen and oxygen atoms in total. The van der Waals surface area contributed by atoms with Crippen LogP contribution in [0.25, 0.3) is 0 Å². The molecule has 0 saturated carbocycles. The van der Waals surface area contributed by atoms with Gasteiger partial charge in [-0.25, -0.2) is 0 Å². The van der Waals surface area contributed by atoms with E-state index >= 15 is 0 Å². The number of aliphatic hydroxyl groups excluding tert-OH is 1. The lowest BCUT2D eigenvalue weighted by atomic mass is 9.67. The summed E-state index contributed by atoms with van der Waals surface area (Å²) in [7, 11) is 0. The molecule has 4 aromatic rings. The Kier molecular flexibility index (Phi) is 5.77. The molecule has 4 heteroatoms. The van der Waals surface area contributed by atoms with Gasteiger partial charge in [0.2, 0.25) is 0 Å². The number of hydrogen-bond acceptors (Lipinski definition) is 4. The number of fused-ring (bicyclic) bond motifs is 4. The number of rotatable bonds is 7. The molecule has 0 aromatic heterocycles. The Bertz CT molecular complexity index is 1250. The summed E-state index contributed by atoms with van der Waals surface area (Å²) in [4.78, 5) is 0. The van der Waals surface area contributed by atoms with Gasteiger partial charge in [0.05, 0.1) is 5.92 Å². The van der Waals surface area contributed by atoms with Crippen LogP contribution in [0.2, 0.25) is 0 Å². The number of ether oxygens (including phenoxy) is 3. The Morgan fingerprint density at radius 1 is 0.600 bits per heavy atom. The van der Waals surface area contributed by atoms with Crippen LogP contribution < -0.4 is 9.47 Å². The van der Waals surface area contributed by atoms with Crippen LogP contribution >= 0.6 is 0 Å². The van der Waals surface area contributed by atoms with Gasteiger partial charge in [0.1, 0.15) is 28.6 Å². The summed E-state index contributed by atoms with van der Waals surface area (Å²) >= 11 is 0. The van der Waals surface area contributed by atoms with Gasteiger partial charge >= 0.3 is 0 Å². The van der Waals surface area contributed by atoms with Crippen molar-refractivity contribution in [3.63, 3.8) is 0 Å². The van der Waals surface area contributed by atoms with E-state index in [-0.39, 0.29) is 12.5 Å². The first-order valence-corrected chi connectivity index (χ1v) is 12.3. The molecular weight excluding hydrogens is 436 g/mol. The maximum absolute atomic E-state index is 9.28. The zero-order valence-electron chi connectivity index (χ0n) is 19.5. The Hall–Kier alpha value is -3.60. The van der Waals surface area contributed by atoms with E-state index in [2.05, 4.69) is 48.5 Å². The molecular formula is C31H28O4. The normalized spacial score (nSPS) is 15.1. The van der Waals surface area contributed by atoms with E-state index in [1.807, 2.05) is 48.5 Å². The van der Waals surface area contributed by atoms with Crippen molar-refractivity contribution in [2.45, 2.75) is 30.8 Å². The third-order valence-electron chi connectivity index (χ3n) is 7.01. The van der Waals surface area contributed by atoms with Gasteiger partial charge in [-0.1, -0.05) is 72.8 Å². The van der Waals surface area contributed by atoms with Crippen molar-refractivity contribution in [1.29, 1.82) is 0 Å². The number of para-hydroxylation sites is 4. The predicted molar refractivity (Wildman–Crippen MR) is 135 cm³/mol. The Morgan fingerprint density at radius 2 is 1.09 bits per heavy atom. The van der Waals surface area contributed by atoms with Gasteiger partial charge in [0.15, 0.2) is 0 Å². The van der Waals surface area contributed by atoms with Crippen molar-refractivity contribution < 1.29 is 19.3 Å². The highest BCUT2D eigenvalue weighted by molar-refractivity contribution is 5.64. The van der Waals surface area contributed by atoms with Gasteiger partial charge in [-0.15, -0.1) is 0 Å². The molecule has 0 radical (unpaired) electrons. The van der Waals surface area contributed by atoms with Crippen LogP contribution in [0.1, 0.15) is 47.4 Å². The third-order valence-corrected chi connectivity index (χ3v) is 7.01. The van der Waals surface area contributed by atoms with Crippen LogP contribution in [0.4, 0.5) is 0 Å². The molecule has 2 aliphatic heterocycles. The Balaban J connectivity index is 1.62. The Morgan fingerprint density at radius 3 is 1.66 bits per heavy atom. The second-order valence-corrected chi connectivity index (χ2v) is 9.07. The summed E-state index contributed by atoms with van der Waals surface area (Å²) in [6.45, 7) is 0.760. The topological polar surface area (TPSA) is 47.9 Å². The highest BCUT2D eigenvalue weighted by atomic mass is 16.5. The first-order chi connectivity index (χ1) is 17.3. The fraction of sp³-hybridized carbons (Fsp3) is 0.226. The van der Waals surface area contributed by atoms with Gasteiger partial charge in [-0.05, 0) is 43.5 Å². The maximum atomic E-state index is 9.28. The lowest BCUT2D eigenvalue weighted by molar-refractivity contribution is -0.0402. The van der Waals surface area contributed by atoms with Crippen LogP contribution in [0.15, 0.2) is 97.1 Å². The number of benzene rings is 4. The van der Waals surface area contributed by atoms with Gasteiger partial charge < -0.3 is 19.3 Å². The maximum Gasteiger partial charge on any atom is 0.136 e. The fourth-order valence-corrected chi connectivity index (χ4v) is 5.51. The largest absolute Gasteiger partial charge is 0.457 e. The van der Waals surface area contributed by atoms with Crippen LogP contribution in [0, 0.1) is 0 Å². The van der Waals surface area contributed by atoms with E-state index in [9.17, 15) is 5.11 Å². The lowest BCUT2D eigenvalue weighted by Gasteiger charge is -2.47. The van der Waals surface area contributed by atoms with Gasteiger partial charge in [0, 0.05) is 35.5 Å². The monoisotopic (exact) mass is 464 g/mol. The Labute approximate surface area is 205 Å². The second kappa shape index (κ2) is 9.21. The minimum absolute atomic E-state index is 0.146. The first-order valence-electron chi connectivity index (χ1n) is 12.3. The van der Waals surface area contributed by atoms with E-state index in [0.29, 0.717) is 6.61 Å². The number of hydrogen-bond donors (Lipinski definition) is 1. The SMILES string of the molecule is OCCCCCOC1(C2c3ccccc3Oc3ccccc32)c2ccccc2Oc2ccccc21. The average Bonchev–Trinajstić information content (AvgIpc) is 2.91. The molecule has 0 atom stereocenters. The van der Waals surface area contributed by atoms with Crippen LogP contribution in [0.5, 0.6) is 23.0 Å². The van der Waals surface area contributed by atoms with E-state index in [1.165, 1.54) is 0 Å². The molecule has 2 heterocycles. The standard InChI is InChI=1S/C31H28O4/c32-20-10-1-11-21-33-31(24-14-4-8-18-28(24)35-29-19-9-5-15-25(29)31)30-22-12-2-6-16-26(22)34-27-17-7-3-13-23(27)30/h2-9,12-19,30,32H,1,10-11,20-21H2. The molecule has 4 aromatic carbocycles. The molecule has 0 amide bonds. The summed E-state index contributed by atoms with van der Waals surface area (Å²) in [5, 5.41) is 9.28. The molecule has 0 aliphatic carbocycles. The minimum Gasteiger partial charge on any atom is -0.457 e. The fourth-order valence-electron chi connectivity index (χ4n) is 5.51. The van der Waals surface area contributed by atoms with Crippen molar-refractivity contribution in [2.75, 3.05) is 13.2 Å². The van der Waals surface area contributed by atoms with Crippen LogP contribution in [-0.2, 0) is 10.3 Å². The second-order valence-electron chi connectivity index (χ2n) is 9.07. The summed E-state index contributed by atoms with van der Waals surface area (Å²) in [5.41, 5.74) is 3.39. The van der Waals surface area contributed by atoms with E-state index in [4.69, 9.17) is 14.2 Å². The van der Waals surface area contributed by atoms with Crippen molar-refractivity contribution in [3.05, 3.63) is 119 Å². The third kappa shape index (κ3) is 3.61. The summed E-state index contributed by atoms with van der Waals surface area (Å²) < 4.78 is 19.9. The predicted octanol–water partition coefficient (Wildman–Crippen LogP) is 7.15. The zero-order valence-corrected chi connectivity index (χ0v) is 19.5. The molecule has 0 spiro atoms. The van der Waals surface area contributed by atoms with Gasteiger partial charge in [-0.2, -0.15) is 0 Å². The van der Waals surface area contributed by atoms with E-state index < -0.39 is 5.60 Å². The molecule has 6 rings (SSSR count). The average molecular weight is 465 g/mol. The highest BCUT2D eigenvalue weighted by Crippen LogP contribution is 2.61. The van der Waals surface area contributed by atoms with Gasteiger partial charge in [0.25, 0.3) is 0 Å². The zero-order chi connectivity index (χ0) is 23.7. The highest BCUT2D eigenvalue weighted by Gasteiger charge is 2.52. The summed E-state index contributed by atoms with van der Waals surface area (Å²) in [5.74, 6) is 3.17. The number of aliphatic hydroxyl groups is 1. The van der Waals surface area contributed by atoms with Crippen molar-refractivity contribution in [1.82, 2.24) is 0 Å². The molecule has 35 heavy (non-hydrogen) atoms. The van der Waals surface area contributed by atoms with Crippen molar-refractivity contribution >= 4 is 0 Å². The molecule has 176 valence electrons. The van der Waals surface area contributed by atoms with Crippen LogP contribution in [0.3, 0.4) is 0 Å². The molecule has 2 aliphatic rings. The van der Waals surface area contributed by atoms with E-state index in [1.54, 1.807) is 0 Å². The smallest absolute Gasteiger partial charge is 0.136 e. The quantitative estimate of drug-likeness (QED) is 0.295. The van der Waals surface area contributed by atoms with Crippen molar-refractivity contribution in [3.8, 4) is 23.0 Å². The molecule has 0 fully saturated rings. The number of unbranched alkanes of at least 4 members (excludes halogenated alkanes) is 2. The lowest BCUT2D eigenvalue weighted by Crippen LogP contribution is -2.42. The minimum atomic E-state index is -0.819. The van der Waals surface area contributed by atoms with Crippen molar-refractivity contribution in [2.24, 2.45) is 0 Å². The first kappa shape index (κ1) is 21.9. The molecule has 1 N–H and O–H groups in total. The molecule has 0 unspecified atom stereocenters. The van der Waals surface area contributed by atoms with E-state index in [0.717, 1.165) is 64.5 Å². The van der Waals surface area contributed by atoms with Gasteiger partial charge in [-0.3, -0.25) is 0 Å². The summed E-state index contributed by atoms with van der Waals surface area (Å²) in [6.07, 6.45) is 2.54. The molecule has 0 bridgehead atoms.